The van der Waals surface area contributed by atoms with Crippen molar-refractivity contribution >= 4 is 29.5 Å². The number of nitrogens with zero attached hydrogens (tertiary/aromatic N) is 2. The molecule has 1 amide bonds. The summed E-state index contributed by atoms with van der Waals surface area (Å²) in [5, 5.41) is 25.5. The molecule has 4 N–H and O–H groups in total. The molecule has 0 spiro atoms. The molecule has 3 unspecified atom stereocenters. The van der Waals surface area contributed by atoms with E-state index < -0.39 is 36.4 Å². The highest BCUT2D eigenvalue weighted by Crippen LogP contribution is 2.29. The van der Waals surface area contributed by atoms with E-state index >= 15 is 0 Å². The van der Waals surface area contributed by atoms with Gasteiger partial charge in [-0.3, -0.25) is 9.59 Å². The highest BCUT2D eigenvalue weighted by molar-refractivity contribution is 7.13. The van der Waals surface area contributed by atoms with E-state index in [-0.39, 0.29) is 17.6 Å². The Bertz CT molecular complexity index is 1950. The molecule has 0 radical (unpaired) electrons. The number of carbonyl (C=O) groups is 3. The summed E-state index contributed by atoms with van der Waals surface area (Å²) in [6.45, 7) is 6.44. The molecule has 0 fully saturated rings. The van der Waals surface area contributed by atoms with E-state index in [1.807, 2.05) is 12.1 Å². The molecule has 278 valence electrons. The van der Waals surface area contributed by atoms with Gasteiger partial charge in [0.05, 0.1) is 10.9 Å². The number of hydrogen-bond donors (Lipinski definition) is 4. The van der Waals surface area contributed by atoms with Crippen molar-refractivity contribution in [3.05, 3.63) is 124 Å². The van der Waals surface area contributed by atoms with E-state index in [4.69, 9.17) is 0 Å². The van der Waals surface area contributed by atoms with Gasteiger partial charge in [0.2, 0.25) is 5.91 Å². The maximum atomic E-state index is 12.9. The molecule has 5 rings (SSSR count). The Kier molecular flexibility index (Phi) is 13.6. The average Bonchev–Trinajstić information content (AvgIpc) is 3.64. The van der Waals surface area contributed by atoms with Gasteiger partial charge in [0, 0.05) is 28.4 Å². The Morgan fingerprint density at radius 3 is 1.96 bits per heavy atom. The topological polar surface area (TPSA) is 151 Å². The van der Waals surface area contributed by atoms with Crippen LogP contribution in [-0.4, -0.2) is 63.8 Å². The minimum absolute atomic E-state index is 0.173. The van der Waals surface area contributed by atoms with Gasteiger partial charge in [-0.25, -0.2) is 14.8 Å². The van der Waals surface area contributed by atoms with Gasteiger partial charge in [-0.15, -0.1) is 24.5 Å². The van der Waals surface area contributed by atoms with Crippen LogP contribution < -0.4 is 15.4 Å². The summed E-state index contributed by atoms with van der Waals surface area (Å²) >= 11 is 1.57. The van der Waals surface area contributed by atoms with E-state index in [2.05, 4.69) is 46.1 Å². The van der Waals surface area contributed by atoms with Gasteiger partial charge < -0.3 is 25.6 Å². The lowest BCUT2D eigenvalue weighted by molar-refractivity contribution is -0.274. The Morgan fingerprint density at radius 1 is 0.868 bits per heavy atom. The predicted octanol–water partition coefficient (Wildman–Crippen LogP) is 7.00. The maximum Gasteiger partial charge on any atom is 0.573 e. The number of halogens is 3. The quantitative estimate of drug-likeness (QED) is 0.0990. The van der Waals surface area contributed by atoms with Crippen molar-refractivity contribution in [2.75, 3.05) is 7.05 Å². The fraction of sp³-hybridized carbons (Fsp3) is 0.256. The maximum absolute atomic E-state index is 12.9. The Hall–Kier alpha value is -5.44. The molecular formula is C39H39F3N4O6S. The lowest BCUT2D eigenvalue weighted by Crippen LogP contribution is -2.52. The summed E-state index contributed by atoms with van der Waals surface area (Å²) in [6.07, 6.45) is -1.94. The molecule has 10 nitrogen and oxygen atoms in total. The van der Waals surface area contributed by atoms with Crippen LogP contribution in [0.3, 0.4) is 0 Å². The Morgan fingerprint density at radius 2 is 1.47 bits per heavy atom. The number of amides is 1. The van der Waals surface area contributed by atoms with Crippen LogP contribution in [0.4, 0.5) is 13.2 Å². The van der Waals surface area contributed by atoms with Gasteiger partial charge in [-0.05, 0) is 59.8 Å². The smallest absolute Gasteiger partial charge is 0.480 e. The van der Waals surface area contributed by atoms with E-state index in [0.717, 1.165) is 16.7 Å². The van der Waals surface area contributed by atoms with E-state index in [9.17, 15) is 37.8 Å². The van der Waals surface area contributed by atoms with Crippen molar-refractivity contribution in [3.8, 4) is 28.3 Å². The first-order chi connectivity index (χ1) is 25.1. The number of nitrogens with one attached hydrogen (secondary N) is 2. The van der Waals surface area contributed by atoms with Crippen molar-refractivity contribution < 1.29 is 42.5 Å². The largest absolute Gasteiger partial charge is 0.573 e. The molecule has 0 bridgehead atoms. The van der Waals surface area contributed by atoms with Crippen molar-refractivity contribution in [1.29, 1.82) is 0 Å². The predicted molar refractivity (Wildman–Crippen MR) is 196 cm³/mol. The zero-order chi connectivity index (χ0) is 38.8. The van der Waals surface area contributed by atoms with Crippen LogP contribution in [0.5, 0.6) is 5.75 Å². The second kappa shape index (κ2) is 17.9. The molecule has 3 aromatic carbocycles. The van der Waals surface area contributed by atoms with Gasteiger partial charge in [0.25, 0.3) is 0 Å². The van der Waals surface area contributed by atoms with Gasteiger partial charge in [-0.2, -0.15) is 0 Å². The number of carbonyl (C=O) groups excluding carboxylic acids is 2. The van der Waals surface area contributed by atoms with Crippen LogP contribution in [0.1, 0.15) is 52.6 Å². The number of alkyl halides is 3. The summed E-state index contributed by atoms with van der Waals surface area (Å²) in [7, 11) is 1.58. The summed E-state index contributed by atoms with van der Waals surface area (Å²) in [4.78, 5) is 45.9. The molecule has 14 heteroatoms. The standard InChI is InChI=1S/C30H27F3N4O5.C9H12OS/c1-34-24(28(39)37-25(29(40)41)26(38)20-5-3-2-4-6-20)15-18-7-9-21(10-8-18)27-35-16-22(17-36-27)19-11-13-23(14-12-19)42-30(31,32)33;1-9(2,3)8-5-4-7(6-10)11-8/h2-14,16-17,24-26,34,38H,15H2,1H3,(H,37,39)(H,40,41);4-6H,1-3H3. The number of aliphatic hydroxyl groups excluding tert-OH is 1. The first-order valence-electron chi connectivity index (χ1n) is 16.3. The minimum atomic E-state index is -4.77. The SMILES string of the molecule is CC(C)(C)c1ccc(C=O)s1.CNC(Cc1ccc(-c2ncc(-c3ccc(OC(F)(F)F)cc3)cn2)cc1)C(=O)NC(C(=O)O)C(O)c1ccccc1. The van der Waals surface area contributed by atoms with Crippen LogP contribution in [0.15, 0.2) is 103 Å². The molecule has 3 atom stereocenters. The number of aromatic nitrogens is 2. The van der Waals surface area contributed by atoms with Crippen molar-refractivity contribution in [2.24, 2.45) is 0 Å². The molecular weight excluding hydrogens is 710 g/mol. The number of hydrogen-bond acceptors (Lipinski definition) is 9. The number of rotatable bonds is 12. The van der Waals surface area contributed by atoms with Crippen LogP contribution in [0.25, 0.3) is 22.5 Å². The van der Waals surface area contributed by atoms with Crippen LogP contribution >= 0.6 is 11.3 Å². The Balaban J connectivity index is 0.000000488. The van der Waals surface area contributed by atoms with Crippen LogP contribution in [0, 0.1) is 0 Å². The highest BCUT2D eigenvalue weighted by Gasteiger charge is 2.32. The number of carboxylic acid groups (broad SMARTS) is 1. The summed E-state index contributed by atoms with van der Waals surface area (Å²) in [6, 6.07) is 22.3. The Labute approximate surface area is 308 Å². The molecule has 0 saturated heterocycles. The molecule has 0 aliphatic rings. The van der Waals surface area contributed by atoms with Crippen molar-refractivity contribution in [2.45, 2.75) is 57.2 Å². The number of ether oxygens (including phenoxy) is 1. The molecule has 0 aliphatic heterocycles. The zero-order valence-corrected chi connectivity index (χ0v) is 30.1. The van der Waals surface area contributed by atoms with E-state index in [1.165, 1.54) is 29.1 Å². The number of carboxylic acids is 1. The third-order valence-corrected chi connectivity index (χ3v) is 9.33. The molecule has 2 aromatic heterocycles. The van der Waals surface area contributed by atoms with Crippen molar-refractivity contribution in [1.82, 2.24) is 20.6 Å². The van der Waals surface area contributed by atoms with Gasteiger partial charge in [0.1, 0.15) is 11.9 Å². The van der Waals surface area contributed by atoms with Gasteiger partial charge in [-0.1, -0.05) is 87.5 Å². The molecule has 2 heterocycles. The molecule has 0 aliphatic carbocycles. The first kappa shape index (κ1) is 40.3. The normalized spacial score (nSPS) is 13.1. The lowest BCUT2D eigenvalue weighted by atomic mass is 9.95. The number of aliphatic carboxylic acids is 1. The second-order valence-corrected chi connectivity index (χ2v) is 14.0. The van der Waals surface area contributed by atoms with Gasteiger partial charge in [0.15, 0.2) is 18.2 Å². The second-order valence-electron chi connectivity index (χ2n) is 12.9. The van der Waals surface area contributed by atoms with Crippen molar-refractivity contribution in [3.63, 3.8) is 0 Å². The number of benzene rings is 3. The fourth-order valence-electron chi connectivity index (χ4n) is 5.02. The summed E-state index contributed by atoms with van der Waals surface area (Å²) < 4.78 is 41.0. The molecule has 53 heavy (non-hydrogen) atoms. The van der Waals surface area contributed by atoms with Crippen LogP contribution in [0.2, 0.25) is 0 Å². The third-order valence-electron chi connectivity index (χ3n) is 7.89. The number of aldehydes is 1. The number of thiophene rings is 1. The van der Waals surface area contributed by atoms with E-state index in [0.29, 0.717) is 28.1 Å². The monoisotopic (exact) mass is 748 g/mol. The van der Waals surface area contributed by atoms with Crippen LogP contribution in [-0.2, 0) is 21.4 Å². The number of aliphatic hydroxyl groups is 1. The average molecular weight is 749 g/mol. The summed E-state index contributed by atoms with van der Waals surface area (Å²) in [5.74, 6) is -1.85. The number of likely N-dealkylation sites (N-methyl/N-ethyl adjacent to an activating group) is 1. The fourth-order valence-corrected chi connectivity index (χ4v) is 5.90. The molecule has 0 saturated carbocycles. The highest BCUT2D eigenvalue weighted by atomic mass is 32.1. The zero-order valence-electron chi connectivity index (χ0n) is 29.3. The summed E-state index contributed by atoms with van der Waals surface area (Å²) in [5.41, 5.74) is 3.23. The van der Waals surface area contributed by atoms with E-state index in [1.54, 1.807) is 85.4 Å². The molecule has 5 aromatic rings. The lowest BCUT2D eigenvalue weighted by Gasteiger charge is -2.24. The minimum Gasteiger partial charge on any atom is -0.480 e. The third kappa shape index (κ3) is 11.8. The van der Waals surface area contributed by atoms with Gasteiger partial charge >= 0.3 is 12.3 Å². The first-order valence-corrected chi connectivity index (χ1v) is 17.2.